The SMILES string of the molecule is Cc1ccc(/C=C/c2ccc(NC(=O)C[18F])cc2)cc1. The maximum absolute atomic E-state index is 12.1. The fraction of sp³-hybridized carbons (Fsp3) is 0.118. The van der Waals surface area contributed by atoms with E-state index in [9.17, 15) is 9.18 Å². The van der Waals surface area contributed by atoms with Crippen LogP contribution in [0.2, 0.25) is 0 Å². The summed E-state index contributed by atoms with van der Waals surface area (Å²) in [6.45, 7) is 1.05. The second-order valence-electron chi connectivity index (χ2n) is 4.55. The van der Waals surface area contributed by atoms with Crippen molar-refractivity contribution < 1.29 is 9.18 Å². The average Bonchev–Trinajstić information content (AvgIpc) is 2.48. The van der Waals surface area contributed by atoms with E-state index in [0.717, 1.165) is 11.1 Å². The number of hydrogen-bond acceptors (Lipinski definition) is 1. The Bertz CT molecular complexity index is 600. The van der Waals surface area contributed by atoms with E-state index in [-0.39, 0.29) is 0 Å². The number of benzene rings is 2. The lowest BCUT2D eigenvalue weighted by Gasteiger charge is -2.02. The van der Waals surface area contributed by atoms with E-state index in [1.54, 1.807) is 12.1 Å². The van der Waals surface area contributed by atoms with Crippen molar-refractivity contribution >= 4 is 23.7 Å². The zero-order valence-corrected chi connectivity index (χ0v) is 11.3. The number of hydrogen-bond donors (Lipinski definition) is 1. The number of anilines is 1. The van der Waals surface area contributed by atoms with Crippen molar-refractivity contribution in [3.8, 4) is 0 Å². The van der Waals surface area contributed by atoms with Crippen molar-refractivity contribution in [2.75, 3.05) is 12.0 Å². The maximum Gasteiger partial charge on any atom is 0.255 e. The van der Waals surface area contributed by atoms with Gasteiger partial charge < -0.3 is 5.32 Å². The first-order valence-electron chi connectivity index (χ1n) is 6.38. The van der Waals surface area contributed by atoms with Crippen LogP contribution in [0.4, 0.5) is 10.1 Å². The summed E-state index contributed by atoms with van der Waals surface area (Å²) in [5, 5.41) is 2.46. The van der Waals surface area contributed by atoms with Crippen molar-refractivity contribution in [3.63, 3.8) is 0 Å². The largest absolute Gasteiger partial charge is 0.324 e. The van der Waals surface area contributed by atoms with Gasteiger partial charge in [0.1, 0.15) is 0 Å². The van der Waals surface area contributed by atoms with Gasteiger partial charge in [-0.05, 0) is 30.2 Å². The Morgan fingerprint density at radius 3 is 2.00 bits per heavy atom. The highest BCUT2D eigenvalue weighted by atomic mass is 18.2. The molecule has 0 aliphatic heterocycles. The molecule has 0 fully saturated rings. The van der Waals surface area contributed by atoms with Crippen LogP contribution in [0.25, 0.3) is 12.2 Å². The van der Waals surface area contributed by atoms with E-state index in [0.29, 0.717) is 5.69 Å². The van der Waals surface area contributed by atoms with Gasteiger partial charge in [0.2, 0.25) is 0 Å². The van der Waals surface area contributed by atoms with Gasteiger partial charge in [-0.25, -0.2) is 4.39 Å². The second kappa shape index (κ2) is 6.66. The van der Waals surface area contributed by atoms with Crippen molar-refractivity contribution in [3.05, 3.63) is 65.2 Å². The van der Waals surface area contributed by atoms with E-state index in [1.807, 2.05) is 24.3 Å². The monoisotopic (exact) mass is 268 g/mol. The predicted molar refractivity (Wildman–Crippen MR) is 81.2 cm³/mol. The third-order valence-electron chi connectivity index (χ3n) is 2.86. The van der Waals surface area contributed by atoms with Crippen molar-refractivity contribution in [2.45, 2.75) is 6.92 Å². The normalized spacial score (nSPS) is 10.7. The summed E-state index contributed by atoms with van der Waals surface area (Å²) in [7, 11) is 0. The van der Waals surface area contributed by atoms with Gasteiger partial charge in [-0.2, -0.15) is 0 Å². The summed E-state index contributed by atoms with van der Waals surface area (Å²) in [5.74, 6) is -0.632. The summed E-state index contributed by atoms with van der Waals surface area (Å²) < 4.78 is 12.1. The van der Waals surface area contributed by atoms with Gasteiger partial charge in [-0.15, -0.1) is 0 Å². The predicted octanol–water partition coefficient (Wildman–Crippen LogP) is 4.07. The van der Waals surface area contributed by atoms with Gasteiger partial charge in [0.15, 0.2) is 6.67 Å². The summed E-state index contributed by atoms with van der Waals surface area (Å²) in [6, 6.07) is 15.5. The lowest BCUT2D eigenvalue weighted by atomic mass is 10.1. The van der Waals surface area contributed by atoms with Crippen LogP contribution in [0.15, 0.2) is 48.5 Å². The molecule has 0 saturated heterocycles. The number of carbonyl (C=O) groups excluding carboxylic acids is 1. The van der Waals surface area contributed by atoms with Crippen LogP contribution in [-0.2, 0) is 4.79 Å². The molecule has 2 nitrogen and oxygen atoms in total. The standard InChI is InChI=1S/C17H16FNO/c1-13-2-4-14(5-3-13)6-7-15-8-10-16(11-9-15)19-17(20)12-18/h2-11H,12H2,1H3,(H,19,20)/b7-6+/i18-1. The number of alkyl halides is 1. The Balaban J connectivity index is 2.03. The molecule has 0 aliphatic rings. The van der Waals surface area contributed by atoms with Crippen LogP contribution < -0.4 is 5.32 Å². The first-order chi connectivity index (χ1) is 9.67. The molecular formula is C17H16FNO. The topological polar surface area (TPSA) is 29.1 Å². The fourth-order valence-electron chi connectivity index (χ4n) is 1.74. The molecule has 2 aromatic rings. The van der Waals surface area contributed by atoms with Crippen LogP contribution in [0.1, 0.15) is 16.7 Å². The number of halogens is 1. The van der Waals surface area contributed by atoms with Crippen LogP contribution >= 0.6 is 0 Å². The summed E-state index contributed by atoms with van der Waals surface area (Å²) in [6.07, 6.45) is 4.01. The van der Waals surface area contributed by atoms with Crippen molar-refractivity contribution in [2.24, 2.45) is 0 Å². The van der Waals surface area contributed by atoms with Gasteiger partial charge in [0, 0.05) is 5.69 Å². The van der Waals surface area contributed by atoms with Gasteiger partial charge in [-0.3, -0.25) is 4.79 Å². The molecule has 1 N–H and O–H groups in total. The molecule has 1 amide bonds. The first kappa shape index (κ1) is 14.0. The van der Waals surface area contributed by atoms with Crippen LogP contribution in [0.5, 0.6) is 0 Å². The first-order valence-corrected chi connectivity index (χ1v) is 6.38. The quantitative estimate of drug-likeness (QED) is 0.832. The lowest BCUT2D eigenvalue weighted by molar-refractivity contribution is -0.117. The Labute approximate surface area is 118 Å². The zero-order valence-electron chi connectivity index (χ0n) is 11.3. The number of nitrogens with one attached hydrogen (secondary N) is 1. The molecule has 2 rings (SSSR count). The molecule has 2 aromatic carbocycles. The summed E-state index contributed by atoms with van der Waals surface area (Å²) in [5.41, 5.74) is 3.98. The van der Waals surface area contributed by atoms with Crippen LogP contribution in [0.3, 0.4) is 0 Å². The molecule has 0 unspecified atom stereocenters. The molecule has 3 heteroatoms. The third-order valence-corrected chi connectivity index (χ3v) is 2.86. The van der Waals surface area contributed by atoms with Gasteiger partial charge in [0.25, 0.3) is 5.91 Å². The Hall–Kier alpha value is -2.42. The smallest absolute Gasteiger partial charge is 0.255 e. The van der Waals surface area contributed by atoms with Gasteiger partial charge >= 0.3 is 0 Å². The minimum atomic E-state index is -1.00. The van der Waals surface area contributed by atoms with Crippen molar-refractivity contribution in [1.29, 1.82) is 0 Å². The fourth-order valence-corrected chi connectivity index (χ4v) is 1.74. The van der Waals surface area contributed by atoms with Crippen molar-refractivity contribution in [1.82, 2.24) is 0 Å². The molecule has 0 aromatic heterocycles. The molecular weight excluding hydrogens is 252 g/mol. The zero-order chi connectivity index (χ0) is 14.4. The second-order valence-corrected chi connectivity index (χ2v) is 4.55. The van der Waals surface area contributed by atoms with Crippen LogP contribution in [-0.4, -0.2) is 12.6 Å². The van der Waals surface area contributed by atoms with E-state index < -0.39 is 12.6 Å². The number of carbonyl (C=O) groups is 1. The molecule has 0 aliphatic carbocycles. The molecule has 20 heavy (non-hydrogen) atoms. The third kappa shape index (κ3) is 4.05. The van der Waals surface area contributed by atoms with Gasteiger partial charge in [-0.1, -0.05) is 54.1 Å². The number of rotatable bonds is 4. The molecule has 0 atom stereocenters. The highest BCUT2D eigenvalue weighted by molar-refractivity contribution is 5.91. The molecule has 0 heterocycles. The number of aryl methyl sites for hydroxylation is 1. The molecule has 0 radical (unpaired) electrons. The lowest BCUT2D eigenvalue weighted by Crippen LogP contribution is -2.12. The average molecular weight is 268 g/mol. The number of amides is 1. The Kier molecular flexibility index (Phi) is 4.66. The Morgan fingerprint density at radius 2 is 1.50 bits per heavy atom. The van der Waals surface area contributed by atoms with E-state index in [2.05, 4.69) is 36.5 Å². The maximum atomic E-state index is 12.1. The highest BCUT2D eigenvalue weighted by Crippen LogP contribution is 2.13. The molecule has 102 valence electrons. The van der Waals surface area contributed by atoms with Crippen LogP contribution in [0, 0.1) is 6.92 Å². The van der Waals surface area contributed by atoms with E-state index in [4.69, 9.17) is 0 Å². The minimum absolute atomic E-state index is 0.597. The molecule has 0 spiro atoms. The molecule has 0 bridgehead atoms. The van der Waals surface area contributed by atoms with E-state index >= 15 is 0 Å². The highest BCUT2D eigenvalue weighted by Gasteiger charge is 1.99. The van der Waals surface area contributed by atoms with Gasteiger partial charge in [0.05, 0.1) is 0 Å². The molecule has 0 saturated carbocycles. The summed E-state index contributed by atoms with van der Waals surface area (Å²) in [4.78, 5) is 10.9. The summed E-state index contributed by atoms with van der Waals surface area (Å²) >= 11 is 0. The minimum Gasteiger partial charge on any atom is -0.324 e. The Morgan fingerprint density at radius 1 is 1.00 bits per heavy atom. The van der Waals surface area contributed by atoms with E-state index in [1.165, 1.54) is 5.56 Å².